The molecule has 1 aliphatic rings. The molecular formula is C29H38F3N5O. The first-order chi connectivity index (χ1) is 18.2. The monoisotopic (exact) mass is 529 g/mol. The van der Waals surface area contributed by atoms with Gasteiger partial charge in [0, 0.05) is 18.0 Å². The van der Waals surface area contributed by atoms with Crippen molar-refractivity contribution >= 4 is 11.7 Å². The third-order valence-electron chi connectivity index (χ3n) is 5.89. The summed E-state index contributed by atoms with van der Waals surface area (Å²) in [5.41, 5.74) is 8.45. The average Bonchev–Trinajstić information content (AvgIpc) is 2.88. The molecule has 4 rings (SSSR count). The minimum absolute atomic E-state index is 0.0537. The van der Waals surface area contributed by atoms with Crippen LogP contribution in [0.25, 0.3) is 11.3 Å². The van der Waals surface area contributed by atoms with E-state index >= 15 is 0 Å². The normalized spacial score (nSPS) is 16.4. The minimum atomic E-state index is -0.863. The SMILES string of the molecule is CC.CNC.Cc1cc(F)cc(CNC(=O)c2ccc(-c3nc(C4CCCC(F)C4)cnc3N)cc2F)c1. The van der Waals surface area contributed by atoms with Gasteiger partial charge in [0.25, 0.3) is 5.91 Å². The summed E-state index contributed by atoms with van der Waals surface area (Å²) in [5.74, 6) is -1.68. The number of anilines is 1. The predicted octanol–water partition coefficient (Wildman–Crippen LogP) is 6.10. The van der Waals surface area contributed by atoms with Crippen molar-refractivity contribution in [3.05, 3.63) is 76.6 Å². The fourth-order valence-corrected chi connectivity index (χ4v) is 4.26. The van der Waals surface area contributed by atoms with Crippen LogP contribution in [0.2, 0.25) is 0 Å². The molecule has 1 aliphatic carbocycles. The van der Waals surface area contributed by atoms with Gasteiger partial charge in [-0.25, -0.2) is 23.1 Å². The van der Waals surface area contributed by atoms with Crippen LogP contribution >= 0.6 is 0 Å². The fourth-order valence-electron chi connectivity index (χ4n) is 4.26. The summed E-state index contributed by atoms with van der Waals surface area (Å²) >= 11 is 0. The van der Waals surface area contributed by atoms with E-state index in [2.05, 4.69) is 20.6 Å². The van der Waals surface area contributed by atoms with Gasteiger partial charge in [0.05, 0.1) is 17.5 Å². The van der Waals surface area contributed by atoms with Gasteiger partial charge in [0.2, 0.25) is 0 Å². The number of nitrogens with two attached hydrogens (primary N) is 1. The molecule has 1 amide bonds. The highest BCUT2D eigenvalue weighted by molar-refractivity contribution is 5.95. The Morgan fingerprint density at radius 1 is 1.11 bits per heavy atom. The third kappa shape index (κ3) is 8.55. The second kappa shape index (κ2) is 15.1. The summed E-state index contributed by atoms with van der Waals surface area (Å²) in [5, 5.41) is 5.35. The molecule has 0 spiro atoms. The Bertz CT molecular complexity index is 1180. The molecule has 0 radical (unpaired) electrons. The van der Waals surface area contributed by atoms with Crippen LogP contribution in [0.15, 0.2) is 42.6 Å². The quantitative estimate of drug-likeness (QED) is 0.371. The van der Waals surface area contributed by atoms with Crippen LogP contribution in [0.1, 0.15) is 72.6 Å². The Labute approximate surface area is 223 Å². The maximum atomic E-state index is 14.8. The highest BCUT2D eigenvalue weighted by Crippen LogP contribution is 2.35. The zero-order valence-electron chi connectivity index (χ0n) is 22.7. The van der Waals surface area contributed by atoms with Gasteiger partial charge in [0.15, 0.2) is 0 Å². The molecule has 38 heavy (non-hydrogen) atoms. The fraction of sp³-hybridized carbons (Fsp3) is 0.414. The van der Waals surface area contributed by atoms with Crippen LogP contribution < -0.4 is 16.4 Å². The lowest BCUT2D eigenvalue weighted by molar-refractivity contribution is 0.0947. The number of nitrogens with zero attached hydrogens (tertiary/aromatic N) is 2. The molecule has 1 aromatic heterocycles. The minimum Gasteiger partial charge on any atom is -0.382 e. The van der Waals surface area contributed by atoms with Crippen LogP contribution in [0.5, 0.6) is 0 Å². The van der Waals surface area contributed by atoms with E-state index in [1.807, 2.05) is 27.9 Å². The molecule has 2 unspecified atom stereocenters. The molecule has 1 fully saturated rings. The number of carbonyl (C=O) groups excluding carboxylic acids is 1. The number of aryl methyl sites for hydroxylation is 1. The second-order valence-electron chi connectivity index (χ2n) is 9.00. The maximum absolute atomic E-state index is 14.8. The van der Waals surface area contributed by atoms with Crippen molar-refractivity contribution in [1.29, 1.82) is 0 Å². The molecule has 2 atom stereocenters. The van der Waals surface area contributed by atoms with E-state index in [4.69, 9.17) is 5.73 Å². The molecule has 0 aliphatic heterocycles. The van der Waals surface area contributed by atoms with Gasteiger partial charge in [-0.05, 0) is 82.1 Å². The van der Waals surface area contributed by atoms with Crippen LogP contribution in [0, 0.1) is 18.6 Å². The summed E-state index contributed by atoms with van der Waals surface area (Å²) in [4.78, 5) is 21.2. The standard InChI is InChI=1S/C25H25F3N4O.C2H7N.C2H6/c1-14-7-15(9-19(27)8-14)12-31-25(33)20-6-5-17(11-21(20)28)23-24(29)30-13-22(32-23)16-3-2-4-18(26)10-16;1-3-2;1-2/h5-9,11,13,16,18H,2-4,10,12H2,1H3,(H2,29,30)(H,31,33);3H,1-2H3;1-2H3. The van der Waals surface area contributed by atoms with Crippen LogP contribution in [-0.2, 0) is 6.54 Å². The number of halogens is 3. The first kappa shape index (κ1) is 30.8. The Morgan fingerprint density at radius 2 is 1.82 bits per heavy atom. The van der Waals surface area contributed by atoms with E-state index in [9.17, 15) is 18.0 Å². The first-order valence-electron chi connectivity index (χ1n) is 12.9. The predicted molar refractivity (Wildman–Crippen MR) is 147 cm³/mol. The van der Waals surface area contributed by atoms with Gasteiger partial charge in [-0.2, -0.15) is 0 Å². The smallest absolute Gasteiger partial charge is 0.254 e. The molecule has 0 bridgehead atoms. The zero-order valence-corrected chi connectivity index (χ0v) is 22.7. The summed E-state index contributed by atoms with van der Waals surface area (Å²) in [6, 6.07) is 8.53. The average molecular weight is 530 g/mol. The Kier molecular flexibility index (Phi) is 12.2. The van der Waals surface area contributed by atoms with Crippen molar-refractivity contribution in [2.45, 2.75) is 65.1 Å². The van der Waals surface area contributed by atoms with E-state index in [-0.39, 0.29) is 23.8 Å². The summed E-state index contributed by atoms with van der Waals surface area (Å²) in [6.07, 6.45) is 3.22. The van der Waals surface area contributed by atoms with Crippen LogP contribution in [0.4, 0.5) is 19.0 Å². The molecule has 6 nitrogen and oxygen atoms in total. The van der Waals surface area contributed by atoms with E-state index in [0.717, 1.165) is 18.4 Å². The number of nitrogens with one attached hydrogen (secondary N) is 2. The number of benzene rings is 2. The van der Waals surface area contributed by atoms with E-state index < -0.39 is 23.7 Å². The number of hydrogen-bond donors (Lipinski definition) is 3. The number of hydrogen-bond acceptors (Lipinski definition) is 5. The lowest BCUT2D eigenvalue weighted by Gasteiger charge is -2.24. The van der Waals surface area contributed by atoms with Gasteiger partial charge in [0.1, 0.15) is 29.3 Å². The largest absolute Gasteiger partial charge is 0.382 e. The first-order valence-corrected chi connectivity index (χ1v) is 12.9. The molecule has 4 N–H and O–H groups in total. The van der Waals surface area contributed by atoms with Crippen molar-refractivity contribution in [1.82, 2.24) is 20.6 Å². The van der Waals surface area contributed by atoms with Crippen LogP contribution in [-0.4, -0.2) is 36.1 Å². The molecular weight excluding hydrogens is 491 g/mol. The molecule has 1 saturated carbocycles. The molecule has 1 heterocycles. The molecule has 0 saturated heterocycles. The summed E-state index contributed by atoms with van der Waals surface area (Å²) in [7, 11) is 3.75. The van der Waals surface area contributed by atoms with Gasteiger partial charge < -0.3 is 16.4 Å². The lowest BCUT2D eigenvalue weighted by Crippen LogP contribution is -2.24. The van der Waals surface area contributed by atoms with E-state index in [0.29, 0.717) is 35.4 Å². The second-order valence-corrected chi connectivity index (χ2v) is 9.00. The van der Waals surface area contributed by atoms with E-state index in [1.165, 1.54) is 24.3 Å². The zero-order chi connectivity index (χ0) is 28.2. The highest BCUT2D eigenvalue weighted by Gasteiger charge is 2.25. The topological polar surface area (TPSA) is 92.9 Å². The van der Waals surface area contributed by atoms with Gasteiger partial charge >= 0.3 is 0 Å². The van der Waals surface area contributed by atoms with Crippen LogP contribution in [0.3, 0.4) is 0 Å². The molecule has 9 heteroatoms. The number of aromatic nitrogens is 2. The molecule has 206 valence electrons. The van der Waals surface area contributed by atoms with E-state index in [1.54, 1.807) is 25.3 Å². The Hall–Kier alpha value is -3.46. The van der Waals surface area contributed by atoms with Crippen molar-refractivity contribution in [3.63, 3.8) is 0 Å². The maximum Gasteiger partial charge on any atom is 0.254 e. The number of rotatable bonds is 5. The number of amides is 1. The van der Waals surface area contributed by atoms with Crippen molar-refractivity contribution < 1.29 is 18.0 Å². The number of alkyl halides is 1. The number of nitrogen functional groups attached to an aromatic ring is 1. The Morgan fingerprint density at radius 3 is 2.45 bits per heavy atom. The third-order valence-corrected chi connectivity index (χ3v) is 5.89. The summed E-state index contributed by atoms with van der Waals surface area (Å²) < 4.78 is 42.2. The molecule has 2 aromatic carbocycles. The van der Waals surface area contributed by atoms with Gasteiger partial charge in [-0.1, -0.05) is 26.0 Å². The highest BCUT2D eigenvalue weighted by atomic mass is 19.1. The van der Waals surface area contributed by atoms with Crippen molar-refractivity contribution in [3.8, 4) is 11.3 Å². The molecule has 3 aromatic rings. The lowest BCUT2D eigenvalue weighted by atomic mass is 9.86. The van der Waals surface area contributed by atoms with Gasteiger partial charge in [-0.3, -0.25) is 4.79 Å². The van der Waals surface area contributed by atoms with Gasteiger partial charge in [-0.15, -0.1) is 0 Å². The summed E-state index contributed by atoms with van der Waals surface area (Å²) in [6.45, 7) is 5.82. The van der Waals surface area contributed by atoms with Crippen molar-refractivity contribution in [2.24, 2.45) is 0 Å². The number of carbonyl (C=O) groups is 1. The Balaban J connectivity index is 0.000000947. The van der Waals surface area contributed by atoms with Crippen molar-refractivity contribution in [2.75, 3.05) is 19.8 Å².